The van der Waals surface area contributed by atoms with Gasteiger partial charge in [0.15, 0.2) is 6.61 Å². The zero-order valence-electron chi connectivity index (χ0n) is 14.9. The number of likely N-dealkylation sites (N-methyl/N-ethyl adjacent to an activating group) is 1. The number of carbonyl (C=O) groups is 2. The van der Waals surface area contributed by atoms with Crippen LogP contribution < -0.4 is 10.1 Å². The normalized spacial score (nSPS) is 10.3. The number of ether oxygens (including phenoxy) is 1. The van der Waals surface area contributed by atoms with Crippen molar-refractivity contribution in [3.63, 3.8) is 0 Å². The van der Waals surface area contributed by atoms with Crippen LogP contribution in [-0.4, -0.2) is 43.2 Å². The van der Waals surface area contributed by atoms with Crippen LogP contribution >= 0.6 is 23.4 Å². The molecular weight excluding hydrogens is 372 g/mol. The highest BCUT2D eigenvalue weighted by Gasteiger charge is 2.15. The molecule has 0 aliphatic heterocycles. The standard InChI is InChI=1S/C19H21ClN2O3S/c1-13-10-14(20)8-9-16(13)25-12-19(24)22(2)11-18(23)21-15-6-4-5-7-17(15)26-3/h4-10H,11-12H2,1-3H3,(H,21,23). The van der Waals surface area contributed by atoms with Crippen molar-refractivity contribution in [3.05, 3.63) is 53.1 Å². The lowest BCUT2D eigenvalue weighted by molar-refractivity contribution is -0.135. The number of amides is 2. The maximum Gasteiger partial charge on any atom is 0.260 e. The highest BCUT2D eigenvalue weighted by atomic mass is 35.5. The number of benzene rings is 2. The molecule has 0 saturated heterocycles. The average molecular weight is 393 g/mol. The van der Waals surface area contributed by atoms with E-state index in [2.05, 4.69) is 5.32 Å². The first kappa shape index (κ1) is 20.1. The van der Waals surface area contributed by atoms with E-state index in [0.29, 0.717) is 10.8 Å². The first-order valence-corrected chi connectivity index (χ1v) is 9.56. The zero-order valence-corrected chi connectivity index (χ0v) is 16.5. The quantitative estimate of drug-likeness (QED) is 0.727. The Morgan fingerprint density at radius 3 is 2.65 bits per heavy atom. The molecule has 0 aromatic heterocycles. The largest absolute Gasteiger partial charge is 0.483 e. The number of hydrogen-bond donors (Lipinski definition) is 1. The van der Waals surface area contributed by atoms with Gasteiger partial charge in [-0.2, -0.15) is 0 Å². The third kappa shape index (κ3) is 5.68. The molecule has 2 aromatic carbocycles. The number of anilines is 1. The number of rotatable bonds is 7. The number of nitrogens with one attached hydrogen (secondary N) is 1. The van der Waals surface area contributed by atoms with Gasteiger partial charge in [0.05, 0.1) is 12.2 Å². The van der Waals surface area contributed by atoms with Crippen LogP contribution in [0.4, 0.5) is 5.69 Å². The molecule has 2 amide bonds. The van der Waals surface area contributed by atoms with Gasteiger partial charge in [-0.1, -0.05) is 23.7 Å². The van der Waals surface area contributed by atoms with E-state index >= 15 is 0 Å². The molecule has 0 aliphatic rings. The lowest BCUT2D eigenvalue weighted by Gasteiger charge is -2.18. The van der Waals surface area contributed by atoms with Gasteiger partial charge in [0, 0.05) is 17.0 Å². The van der Waals surface area contributed by atoms with Crippen molar-refractivity contribution in [3.8, 4) is 5.75 Å². The van der Waals surface area contributed by atoms with E-state index in [1.54, 1.807) is 37.0 Å². The first-order chi connectivity index (χ1) is 12.4. The van der Waals surface area contributed by atoms with Gasteiger partial charge in [-0.25, -0.2) is 0 Å². The average Bonchev–Trinajstić information content (AvgIpc) is 2.61. The summed E-state index contributed by atoms with van der Waals surface area (Å²) in [4.78, 5) is 26.7. The van der Waals surface area contributed by atoms with Gasteiger partial charge in [-0.15, -0.1) is 11.8 Å². The van der Waals surface area contributed by atoms with Crippen molar-refractivity contribution in [2.24, 2.45) is 0 Å². The van der Waals surface area contributed by atoms with Gasteiger partial charge < -0.3 is 15.0 Å². The van der Waals surface area contributed by atoms with Gasteiger partial charge in [-0.05, 0) is 49.1 Å². The Bertz CT molecular complexity index is 798. The first-order valence-electron chi connectivity index (χ1n) is 7.96. The van der Waals surface area contributed by atoms with Crippen LogP contribution in [0, 0.1) is 6.92 Å². The monoisotopic (exact) mass is 392 g/mol. The highest BCUT2D eigenvalue weighted by molar-refractivity contribution is 7.98. The number of nitrogens with zero attached hydrogens (tertiary/aromatic N) is 1. The van der Waals surface area contributed by atoms with E-state index in [4.69, 9.17) is 16.3 Å². The second kappa shape index (κ2) is 9.50. The molecule has 0 spiro atoms. The molecule has 0 fully saturated rings. The zero-order chi connectivity index (χ0) is 19.1. The smallest absolute Gasteiger partial charge is 0.260 e. The molecule has 0 saturated carbocycles. The van der Waals surface area contributed by atoms with Gasteiger partial charge in [0.1, 0.15) is 5.75 Å². The third-order valence-corrected chi connectivity index (χ3v) is 4.71. The number of hydrogen-bond acceptors (Lipinski definition) is 4. The van der Waals surface area contributed by atoms with Crippen molar-refractivity contribution >= 4 is 40.9 Å². The predicted molar refractivity (Wildman–Crippen MR) is 106 cm³/mol. The number of aryl methyl sites for hydroxylation is 1. The third-order valence-electron chi connectivity index (χ3n) is 3.68. The summed E-state index contributed by atoms with van der Waals surface area (Å²) < 4.78 is 5.53. The number of halogens is 1. The number of thioether (sulfide) groups is 1. The molecule has 0 unspecified atom stereocenters. The molecule has 0 bridgehead atoms. The lowest BCUT2D eigenvalue weighted by atomic mass is 10.2. The van der Waals surface area contributed by atoms with Crippen molar-refractivity contribution in [1.82, 2.24) is 4.90 Å². The topological polar surface area (TPSA) is 58.6 Å². The van der Waals surface area contributed by atoms with Crippen LogP contribution in [0.15, 0.2) is 47.4 Å². The summed E-state index contributed by atoms with van der Waals surface area (Å²) in [5.41, 5.74) is 1.58. The molecule has 138 valence electrons. The minimum Gasteiger partial charge on any atom is -0.483 e. The summed E-state index contributed by atoms with van der Waals surface area (Å²) in [5.74, 6) is 0.0483. The second-order valence-electron chi connectivity index (χ2n) is 5.70. The number of carbonyl (C=O) groups excluding carboxylic acids is 2. The Morgan fingerprint density at radius 2 is 1.96 bits per heavy atom. The van der Waals surface area contributed by atoms with E-state index in [-0.39, 0.29) is 25.0 Å². The Morgan fingerprint density at radius 1 is 1.23 bits per heavy atom. The minimum atomic E-state index is -0.285. The summed E-state index contributed by atoms with van der Waals surface area (Å²) in [6.07, 6.45) is 1.94. The molecule has 2 rings (SSSR count). The molecule has 1 N–H and O–H groups in total. The SMILES string of the molecule is CSc1ccccc1NC(=O)CN(C)C(=O)COc1ccc(Cl)cc1C. The van der Waals surface area contributed by atoms with Crippen LogP contribution in [0.5, 0.6) is 5.75 Å². The maximum atomic E-state index is 12.2. The molecule has 0 aliphatic carbocycles. The van der Waals surface area contributed by atoms with E-state index in [1.165, 1.54) is 4.90 Å². The van der Waals surface area contributed by atoms with Crippen LogP contribution in [0.3, 0.4) is 0 Å². The second-order valence-corrected chi connectivity index (χ2v) is 6.98. The molecular formula is C19H21ClN2O3S. The maximum absolute atomic E-state index is 12.2. The summed E-state index contributed by atoms with van der Waals surface area (Å²) >= 11 is 7.44. The van der Waals surface area contributed by atoms with Crippen LogP contribution in [-0.2, 0) is 9.59 Å². The van der Waals surface area contributed by atoms with Crippen LogP contribution in [0.25, 0.3) is 0 Å². The van der Waals surface area contributed by atoms with E-state index in [1.807, 2.05) is 37.4 Å². The molecule has 26 heavy (non-hydrogen) atoms. The lowest BCUT2D eigenvalue weighted by Crippen LogP contribution is -2.37. The Hall–Kier alpha value is -2.18. The summed E-state index contributed by atoms with van der Waals surface area (Å²) in [5, 5.41) is 3.44. The van der Waals surface area contributed by atoms with E-state index in [9.17, 15) is 9.59 Å². The predicted octanol–water partition coefficient (Wildman–Crippen LogP) is 3.85. The van der Waals surface area contributed by atoms with Crippen molar-refractivity contribution in [2.45, 2.75) is 11.8 Å². The highest BCUT2D eigenvalue weighted by Crippen LogP contribution is 2.24. The Kier molecular flexibility index (Phi) is 7.36. The summed E-state index contributed by atoms with van der Waals surface area (Å²) in [6.45, 7) is 1.66. The molecule has 0 atom stereocenters. The fourth-order valence-electron chi connectivity index (χ4n) is 2.27. The fourth-order valence-corrected chi connectivity index (χ4v) is 3.05. The summed E-state index contributed by atoms with van der Waals surface area (Å²) in [6, 6.07) is 12.7. The van der Waals surface area contributed by atoms with Gasteiger partial charge in [0.25, 0.3) is 5.91 Å². The van der Waals surface area contributed by atoms with E-state index < -0.39 is 0 Å². The molecule has 5 nitrogen and oxygen atoms in total. The van der Waals surface area contributed by atoms with Crippen molar-refractivity contribution < 1.29 is 14.3 Å². The number of para-hydroxylation sites is 1. The fraction of sp³-hybridized carbons (Fsp3) is 0.263. The van der Waals surface area contributed by atoms with Gasteiger partial charge in [0.2, 0.25) is 5.91 Å². The van der Waals surface area contributed by atoms with Crippen LogP contribution in [0.2, 0.25) is 5.02 Å². The Balaban J connectivity index is 1.87. The molecule has 0 heterocycles. The van der Waals surface area contributed by atoms with Crippen molar-refractivity contribution in [2.75, 3.05) is 31.8 Å². The Labute approximate surface area is 162 Å². The van der Waals surface area contributed by atoms with Crippen LogP contribution in [0.1, 0.15) is 5.56 Å². The van der Waals surface area contributed by atoms with Gasteiger partial charge >= 0.3 is 0 Å². The minimum absolute atomic E-state index is 0.0511. The van der Waals surface area contributed by atoms with E-state index in [0.717, 1.165) is 16.1 Å². The van der Waals surface area contributed by atoms with Crippen molar-refractivity contribution in [1.29, 1.82) is 0 Å². The molecule has 2 aromatic rings. The van der Waals surface area contributed by atoms with Gasteiger partial charge in [-0.3, -0.25) is 9.59 Å². The summed E-state index contributed by atoms with van der Waals surface area (Å²) in [7, 11) is 1.57. The molecule has 0 radical (unpaired) electrons. The molecule has 7 heteroatoms.